The van der Waals surface area contributed by atoms with E-state index >= 15 is 0 Å². The number of fused-ring (bicyclic) bond motifs is 1. The van der Waals surface area contributed by atoms with E-state index in [4.69, 9.17) is 0 Å². The van der Waals surface area contributed by atoms with Crippen molar-refractivity contribution in [2.24, 2.45) is 0 Å². The van der Waals surface area contributed by atoms with Crippen molar-refractivity contribution >= 4 is 45.7 Å². The van der Waals surface area contributed by atoms with Gasteiger partial charge in [-0.25, -0.2) is 4.98 Å². The topological polar surface area (TPSA) is 66.9 Å². The molecule has 130 valence electrons. The van der Waals surface area contributed by atoms with Crippen LogP contribution < -0.4 is 10.6 Å². The maximum atomic E-state index is 12.5. The Morgan fingerprint density at radius 2 is 2.04 bits per heavy atom. The summed E-state index contributed by atoms with van der Waals surface area (Å²) in [5, 5.41) is 7.91. The molecule has 3 aromatic rings. The first-order chi connectivity index (χ1) is 11.8. The molecular weight excluding hydrogens is 356 g/mol. The number of rotatable bonds is 3. The Morgan fingerprint density at radius 3 is 2.88 bits per heavy atom. The third-order valence-corrected chi connectivity index (χ3v) is 5.43. The Kier molecular flexibility index (Phi) is 5.63. The lowest BCUT2D eigenvalue weighted by Gasteiger charge is -2.20. The molecule has 0 saturated carbocycles. The number of amides is 1. The maximum Gasteiger partial charge on any atom is 0.257 e. The van der Waals surface area contributed by atoms with E-state index in [-0.39, 0.29) is 18.3 Å². The monoisotopic (exact) mass is 374 g/mol. The average Bonchev–Trinajstić information content (AvgIpc) is 3.10. The van der Waals surface area contributed by atoms with Gasteiger partial charge in [-0.2, -0.15) is 0 Å². The number of halogens is 1. The van der Waals surface area contributed by atoms with Crippen LogP contribution in [0.15, 0.2) is 42.7 Å². The second-order valence-corrected chi connectivity index (χ2v) is 7.02. The van der Waals surface area contributed by atoms with Gasteiger partial charge in [-0.15, -0.1) is 23.7 Å². The number of pyridine rings is 1. The zero-order valence-electron chi connectivity index (χ0n) is 13.6. The number of hydrogen-bond donors (Lipinski definition) is 2. The minimum Gasteiger partial charge on any atom is -0.317 e. The van der Waals surface area contributed by atoms with E-state index in [0.717, 1.165) is 36.8 Å². The minimum absolute atomic E-state index is 0. The Bertz CT molecular complexity index is 876. The van der Waals surface area contributed by atoms with Crippen LogP contribution >= 0.6 is 23.7 Å². The predicted octanol–water partition coefficient (Wildman–Crippen LogP) is 3.83. The van der Waals surface area contributed by atoms with Crippen LogP contribution in [0.4, 0.5) is 5.13 Å². The number of benzene rings is 1. The van der Waals surface area contributed by atoms with E-state index in [9.17, 15) is 4.79 Å². The van der Waals surface area contributed by atoms with Crippen LogP contribution in [0.2, 0.25) is 0 Å². The molecule has 0 radical (unpaired) electrons. The second kappa shape index (κ2) is 7.91. The molecule has 0 unspecified atom stereocenters. The van der Waals surface area contributed by atoms with Crippen molar-refractivity contribution in [1.82, 2.24) is 15.3 Å². The first-order valence-electron chi connectivity index (χ1n) is 8.12. The molecule has 1 fully saturated rings. The predicted molar refractivity (Wildman–Crippen MR) is 104 cm³/mol. The summed E-state index contributed by atoms with van der Waals surface area (Å²) < 4.78 is 0. The molecule has 3 heterocycles. The highest BCUT2D eigenvalue weighted by atomic mass is 35.5. The molecule has 1 aromatic carbocycles. The Balaban J connectivity index is 0.00000182. The largest absolute Gasteiger partial charge is 0.317 e. The molecule has 25 heavy (non-hydrogen) atoms. The van der Waals surface area contributed by atoms with Gasteiger partial charge in [-0.3, -0.25) is 15.1 Å². The van der Waals surface area contributed by atoms with Gasteiger partial charge in [0, 0.05) is 28.2 Å². The number of nitrogens with one attached hydrogen (secondary N) is 2. The molecule has 1 saturated heterocycles. The molecule has 0 spiro atoms. The zero-order valence-corrected chi connectivity index (χ0v) is 15.2. The lowest BCUT2D eigenvalue weighted by Crippen LogP contribution is -2.26. The van der Waals surface area contributed by atoms with E-state index in [0.29, 0.717) is 16.6 Å². The van der Waals surface area contributed by atoms with Gasteiger partial charge in [0.1, 0.15) is 0 Å². The van der Waals surface area contributed by atoms with E-state index in [1.165, 1.54) is 4.88 Å². The van der Waals surface area contributed by atoms with Gasteiger partial charge < -0.3 is 5.32 Å². The molecular formula is C18H19ClN4OS. The van der Waals surface area contributed by atoms with Crippen molar-refractivity contribution in [2.75, 3.05) is 18.4 Å². The molecule has 7 heteroatoms. The lowest BCUT2D eigenvalue weighted by atomic mass is 9.97. The number of anilines is 1. The highest BCUT2D eigenvalue weighted by Gasteiger charge is 2.18. The number of carbonyl (C=O) groups is 1. The summed E-state index contributed by atoms with van der Waals surface area (Å²) in [6.07, 6.45) is 5.92. The smallest absolute Gasteiger partial charge is 0.257 e. The number of piperidine rings is 1. The fraction of sp³-hybridized carbons (Fsp3) is 0.278. The summed E-state index contributed by atoms with van der Waals surface area (Å²) in [4.78, 5) is 22.4. The molecule has 0 aliphatic carbocycles. The third-order valence-electron chi connectivity index (χ3n) is 4.35. The Labute approximate surface area is 156 Å². The van der Waals surface area contributed by atoms with Crippen molar-refractivity contribution in [2.45, 2.75) is 18.8 Å². The first kappa shape index (κ1) is 17.8. The normalized spacial score (nSPS) is 14.9. The number of hydrogen-bond acceptors (Lipinski definition) is 5. The van der Waals surface area contributed by atoms with Crippen molar-refractivity contribution < 1.29 is 4.79 Å². The number of thiazole rings is 1. The van der Waals surface area contributed by atoms with Gasteiger partial charge in [-0.05, 0) is 56.1 Å². The van der Waals surface area contributed by atoms with Gasteiger partial charge >= 0.3 is 0 Å². The molecule has 2 N–H and O–H groups in total. The first-order valence-corrected chi connectivity index (χ1v) is 8.94. The van der Waals surface area contributed by atoms with E-state index in [1.807, 2.05) is 30.5 Å². The zero-order chi connectivity index (χ0) is 16.4. The minimum atomic E-state index is -0.132. The van der Waals surface area contributed by atoms with Crippen LogP contribution in [-0.4, -0.2) is 29.0 Å². The van der Waals surface area contributed by atoms with E-state index in [2.05, 4.69) is 20.6 Å². The molecule has 1 aliphatic heterocycles. The van der Waals surface area contributed by atoms with E-state index in [1.54, 1.807) is 23.6 Å². The molecule has 1 aliphatic rings. The summed E-state index contributed by atoms with van der Waals surface area (Å²) in [5.74, 6) is 0.424. The van der Waals surface area contributed by atoms with Crippen LogP contribution in [0.25, 0.3) is 10.9 Å². The Hall–Kier alpha value is -2.02. The summed E-state index contributed by atoms with van der Waals surface area (Å²) in [6, 6.07) is 9.35. The summed E-state index contributed by atoms with van der Waals surface area (Å²) >= 11 is 1.58. The van der Waals surface area contributed by atoms with Gasteiger partial charge in [0.25, 0.3) is 5.91 Å². The van der Waals surface area contributed by atoms with Crippen LogP contribution in [0.1, 0.15) is 34.0 Å². The molecule has 0 bridgehead atoms. The third kappa shape index (κ3) is 3.98. The fourth-order valence-electron chi connectivity index (χ4n) is 3.03. The van der Waals surface area contributed by atoms with Crippen LogP contribution in [-0.2, 0) is 0 Å². The SMILES string of the molecule is Cl.O=C(Nc1ncc(C2CCNCC2)s1)c1ccc2ncccc2c1. The van der Waals surface area contributed by atoms with Gasteiger partial charge in [0.2, 0.25) is 0 Å². The maximum absolute atomic E-state index is 12.5. The van der Waals surface area contributed by atoms with Crippen LogP contribution in [0.3, 0.4) is 0 Å². The molecule has 4 rings (SSSR count). The standard InChI is InChI=1S/C18H18N4OS.ClH/c23-17(14-3-4-15-13(10-14)2-1-7-20-15)22-18-21-11-16(24-18)12-5-8-19-9-6-12;/h1-4,7,10-12,19H,5-6,8-9H2,(H,21,22,23);1H. The lowest BCUT2D eigenvalue weighted by molar-refractivity contribution is 0.102. The summed E-state index contributed by atoms with van der Waals surface area (Å²) in [7, 11) is 0. The van der Waals surface area contributed by atoms with Crippen molar-refractivity contribution in [3.05, 3.63) is 53.2 Å². The molecule has 5 nitrogen and oxygen atoms in total. The van der Waals surface area contributed by atoms with Crippen LogP contribution in [0, 0.1) is 0 Å². The summed E-state index contributed by atoms with van der Waals surface area (Å²) in [5.41, 5.74) is 1.51. The van der Waals surface area contributed by atoms with Crippen LogP contribution in [0.5, 0.6) is 0 Å². The summed E-state index contributed by atoms with van der Waals surface area (Å²) in [6.45, 7) is 2.10. The molecule has 0 atom stereocenters. The average molecular weight is 375 g/mol. The number of aromatic nitrogens is 2. The molecule has 1 amide bonds. The number of nitrogens with zero attached hydrogens (tertiary/aromatic N) is 2. The van der Waals surface area contributed by atoms with Crippen molar-refractivity contribution in [1.29, 1.82) is 0 Å². The highest BCUT2D eigenvalue weighted by Crippen LogP contribution is 2.31. The highest BCUT2D eigenvalue weighted by molar-refractivity contribution is 7.15. The van der Waals surface area contributed by atoms with Gasteiger partial charge in [0.05, 0.1) is 5.52 Å². The fourth-order valence-corrected chi connectivity index (χ4v) is 4.01. The van der Waals surface area contributed by atoms with Crippen molar-refractivity contribution in [3.63, 3.8) is 0 Å². The van der Waals surface area contributed by atoms with Crippen molar-refractivity contribution in [3.8, 4) is 0 Å². The van der Waals surface area contributed by atoms with E-state index < -0.39 is 0 Å². The number of carbonyl (C=O) groups excluding carboxylic acids is 1. The quantitative estimate of drug-likeness (QED) is 0.731. The second-order valence-electron chi connectivity index (χ2n) is 5.96. The van der Waals surface area contributed by atoms with Gasteiger partial charge in [-0.1, -0.05) is 6.07 Å². The van der Waals surface area contributed by atoms with Gasteiger partial charge in [0.15, 0.2) is 5.13 Å². The Morgan fingerprint density at radius 1 is 1.20 bits per heavy atom. The molecule has 2 aromatic heterocycles.